The summed E-state index contributed by atoms with van der Waals surface area (Å²) < 4.78 is 0. The van der Waals surface area contributed by atoms with Crippen molar-refractivity contribution in [1.29, 1.82) is 0 Å². The van der Waals surface area contributed by atoms with Crippen LogP contribution in [-0.4, -0.2) is 37.0 Å². The molecule has 130 valence electrons. The van der Waals surface area contributed by atoms with Crippen LogP contribution in [0.4, 0.5) is 0 Å². The van der Waals surface area contributed by atoms with Gasteiger partial charge in [0.1, 0.15) is 0 Å². The van der Waals surface area contributed by atoms with Crippen LogP contribution in [0, 0.1) is 11.8 Å². The first-order valence-corrected chi connectivity index (χ1v) is 9.83. The molecule has 2 atom stereocenters. The molecule has 0 spiro atoms. The number of carbonyl (C=O) groups excluding carboxylic acids is 1. The van der Waals surface area contributed by atoms with Gasteiger partial charge >= 0.3 is 0 Å². The Morgan fingerprint density at radius 3 is 2.42 bits per heavy atom. The lowest BCUT2D eigenvalue weighted by molar-refractivity contribution is -0.137. The molecule has 1 saturated carbocycles. The first kappa shape index (κ1) is 16.4. The first-order valence-electron chi connectivity index (χ1n) is 9.45. The average Bonchev–Trinajstić information content (AvgIpc) is 3.21. The number of fused-ring (bicyclic) bond motifs is 1. The van der Waals surface area contributed by atoms with Gasteiger partial charge in [0.15, 0.2) is 0 Å². The Hall–Kier alpha value is -1.06. The van der Waals surface area contributed by atoms with E-state index in [4.69, 9.17) is 11.6 Å². The Kier molecular flexibility index (Phi) is 4.57. The number of rotatable bonds is 2. The summed E-state index contributed by atoms with van der Waals surface area (Å²) in [5.41, 5.74) is 0.798. The van der Waals surface area contributed by atoms with E-state index in [1.807, 2.05) is 18.2 Å². The van der Waals surface area contributed by atoms with Gasteiger partial charge in [-0.3, -0.25) is 4.79 Å². The maximum atomic E-state index is 13.6. The van der Waals surface area contributed by atoms with Crippen LogP contribution < -0.4 is 5.32 Å². The molecule has 0 unspecified atom stereocenters. The van der Waals surface area contributed by atoms with Gasteiger partial charge in [0, 0.05) is 18.1 Å². The predicted octanol–water partition coefficient (Wildman–Crippen LogP) is 3.61. The van der Waals surface area contributed by atoms with Crippen molar-refractivity contribution in [2.45, 2.75) is 43.9 Å². The fourth-order valence-electron chi connectivity index (χ4n) is 5.11. The zero-order valence-electron chi connectivity index (χ0n) is 14.3. The first-order chi connectivity index (χ1) is 11.7. The standard InChI is InChI=1S/C20H27ClN2O/c21-18-5-3-4-17(12-18)20(8-1-2-9-20)19(24)23-10-6-15-13-22-14-16(15)7-11-23/h3-5,12,15-16,22H,1-2,6-11,13-14H2/t15-,16+. The monoisotopic (exact) mass is 346 g/mol. The summed E-state index contributed by atoms with van der Waals surface area (Å²) in [5.74, 6) is 1.87. The minimum absolute atomic E-state index is 0.331. The minimum Gasteiger partial charge on any atom is -0.342 e. The second-order valence-corrected chi connectivity index (χ2v) is 8.28. The number of carbonyl (C=O) groups is 1. The number of nitrogens with zero attached hydrogens (tertiary/aromatic N) is 1. The number of halogens is 1. The van der Waals surface area contributed by atoms with Crippen molar-refractivity contribution in [2.75, 3.05) is 26.2 Å². The summed E-state index contributed by atoms with van der Waals surface area (Å²) in [7, 11) is 0. The van der Waals surface area contributed by atoms with Crippen LogP contribution in [0.2, 0.25) is 5.02 Å². The summed E-state index contributed by atoms with van der Waals surface area (Å²) in [6, 6.07) is 8.01. The Bertz CT molecular complexity index is 597. The molecule has 0 radical (unpaired) electrons. The molecule has 0 bridgehead atoms. The van der Waals surface area contributed by atoms with Crippen LogP contribution >= 0.6 is 11.6 Å². The van der Waals surface area contributed by atoms with Gasteiger partial charge in [-0.1, -0.05) is 36.6 Å². The third kappa shape index (κ3) is 2.86. The predicted molar refractivity (Wildman–Crippen MR) is 97.3 cm³/mol. The summed E-state index contributed by atoms with van der Waals surface area (Å²) in [4.78, 5) is 15.7. The summed E-state index contributed by atoms with van der Waals surface area (Å²) in [5, 5.41) is 4.25. The summed E-state index contributed by atoms with van der Waals surface area (Å²) >= 11 is 6.23. The van der Waals surface area contributed by atoms with E-state index in [1.54, 1.807) is 0 Å². The molecule has 3 aliphatic rings. The van der Waals surface area contributed by atoms with E-state index < -0.39 is 0 Å². The van der Waals surface area contributed by atoms with Crippen LogP contribution in [0.25, 0.3) is 0 Å². The molecule has 1 aromatic rings. The lowest BCUT2D eigenvalue weighted by Crippen LogP contribution is -2.46. The zero-order valence-corrected chi connectivity index (χ0v) is 15.0. The van der Waals surface area contributed by atoms with E-state index in [0.717, 1.165) is 87.1 Å². The second kappa shape index (κ2) is 6.68. The fraction of sp³-hybridized carbons (Fsp3) is 0.650. The quantitative estimate of drug-likeness (QED) is 0.887. The largest absolute Gasteiger partial charge is 0.342 e. The lowest BCUT2D eigenvalue weighted by atomic mass is 9.77. The molecule has 0 aromatic heterocycles. The Morgan fingerprint density at radius 2 is 1.79 bits per heavy atom. The maximum absolute atomic E-state index is 13.6. The molecule has 2 aliphatic heterocycles. The van der Waals surface area contributed by atoms with Gasteiger partial charge in [-0.15, -0.1) is 0 Å². The van der Waals surface area contributed by atoms with E-state index in [-0.39, 0.29) is 5.41 Å². The van der Waals surface area contributed by atoms with E-state index in [0.29, 0.717) is 5.91 Å². The van der Waals surface area contributed by atoms with Gasteiger partial charge in [-0.2, -0.15) is 0 Å². The van der Waals surface area contributed by atoms with Crippen molar-refractivity contribution in [3.05, 3.63) is 34.9 Å². The van der Waals surface area contributed by atoms with Gasteiger partial charge < -0.3 is 10.2 Å². The number of nitrogens with one attached hydrogen (secondary N) is 1. The Balaban J connectivity index is 1.58. The molecule has 4 rings (SSSR count). The van der Waals surface area contributed by atoms with Crippen molar-refractivity contribution in [3.8, 4) is 0 Å². The number of likely N-dealkylation sites (tertiary alicyclic amines) is 1. The Labute approximate surface area is 149 Å². The van der Waals surface area contributed by atoms with Crippen molar-refractivity contribution in [3.63, 3.8) is 0 Å². The number of amides is 1. The van der Waals surface area contributed by atoms with Crippen molar-refractivity contribution < 1.29 is 4.79 Å². The van der Waals surface area contributed by atoms with E-state index in [1.165, 1.54) is 0 Å². The molecular weight excluding hydrogens is 320 g/mol. The third-order valence-electron chi connectivity index (χ3n) is 6.55. The maximum Gasteiger partial charge on any atom is 0.233 e. The highest BCUT2D eigenvalue weighted by molar-refractivity contribution is 6.30. The third-order valence-corrected chi connectivity index (χ3v) is 6.79. The molecule has 3 fully saturated rings. The van der Waals surface area contributed by atoms with Gasteiger partial charge in [0.05, 0.1) is 5.41 Å². The van der Waals surface area contributed by atoms with Crippen molar-refractivity contribution >= 4 is 17.5 Å². The van der Waals surface area contributed by atoms with Gasteiger partial charge in [0.2, 0.25) is 5.91 Å². The van der Waals surface area contributed by atoms with E-state index in [9.17, 15) is 4.79 Å². The molecule has 2 heterocycles. The van der Waals surface area contributed by atoms with Crippen molar-refractivity contribution in [1.82, 2.24) is 10.2 Å². The lowest BCUT2D eigenvalue weighted by Gasteiger charge is -2.34. The molecule has 3 nitrogen and oxygen atoms in total. The molecule has 4 heteroatoms. The van der Waals surface area contributed by atoms with Crippen LogP contribution in [-0.2, 0) is 10.2 Å². The highest BCUT2D eigenvalue weighted by Crippen LogP contribution is 2.44. The number of hydrogen-bond donors (Lipinski definition) is 1. The minimum atomic E-state index is -0.331. The van der Waals surface area contributed by atoms with Gasteiger partial charge in [-0.05, 0) is 68.3 Å². The molecule has 1 amide bonds. The molecular formula is C20H27ClN2O. The number of hydrogen-bond acceptors (Lipinski definition) is 2. The highest BCUT2D eigenvalue weighted by atomic mass is 35.5. The number of benzene rings is 1. The fourth-order valence-corrected chi connectivity index (χ4v) is 5.30. The van der Waals surface area contributed by atoms with Gasteiger partial charge in [0.25, 0.3) is 0 Å². The average molecular weight is 347 g/mol. The normalized spacial score (nSPS) is 29.3. The SMILES string of the molecule is O=C(N1CC[C@@H]2CNC[C@@H]2CC1)C1(c2cccc(Cl)c2)CCCC1. The molecule has 1 aliphatic carbocycles. The second-order valence-electron chi connectivity index (χ2n) is 7.85. The smallest absolute Gasteiger partial charge is 0.233 e. The van der Waals surface area contributed by atoms with E-state index in [2.05, 4.69) is 16.3 Å². The van der Waals surface area contributed by atoms with Crippen LogP contribution in [0.1, 0.15) is 44.1 Å². The summed E-state index contributed by atoms with van der Waals surface area (Å²) in [6.45, 7) is 4.10. The molecule has 2 saturated heterocycles. The van der Waals surface area contributed by atoms with E-state index >= 15 is 0 Å². The van der Waals surface area contributed by atoms with Crippen LogP contribution in [0.15, 0.2) is 24.3 Å². The van der Waals surface area contributed by atoms with Crippen LogP contribution in [0.5, 0.6) is 0 Å². The zero-order chi connectivity index (χ0) is 16.6. The topological polar surface area (TPSA) is 32.3 Å². The van der Waals surface area contributed by atoms with Crippen LogP contribution in [0.3, 0.4) is 0 Å². The van der Waals surface area contributed by atoms with Crippen molar-refractivity contribution in [2.24, 2.45) is 11.8 Å². The summed E-state index contributed by atoms with van der Waals surface area (Å²) in [6.07, 6.45) is 6.51. The Morgan fingerprint density at radius 1 is 1.12 bits per heavy atom. The molecule has 24 heavy (non-hydrogen) atoms. The highest BCUT2D eigenvalue weighted by Gasteiger charge is 2.45. The molecule has 1 aromatic carbocycles. The van der Waals surface area contributed by atoms with Gasteiger partial charge in [-0.25, -0.2) is 0 Å². The molecule has 1 N–H and O–H groups in total.